The lowest BCUT2D eigenvalue weighted by atomic mass is 9.80. The smallest absolute Gasteiger partial charge is 0.142 e. The van der Waals surface area contributed by atoms with Gasteiger partial charge in [0.2, 0.25) is 0 Å². The molecule has 1 aromatic rings. The van der Waals surface area contributed by atoms with Crippen LogP contribution in [0, 0.1) is 0 Å². The Balaban J connectivity index is 2.26. The molecule has 1 aromatic heterocycles. The second-order valence-electron chi connectivity index (χ2n) is 3.96. The minimum Gasteiger partial charge on any atom is -0.299 e. The van der Waals surface area contributed by atoms with Crippen LogP contribution in [0.5, 0.6) is 0 Å². The third-order valence-corrected chi connectivity index (χ3v) is 3.02. The van der Waals surface area contributed by atoms with Crippen molar-refractivity contribution >= 4 is 6.29 Å². The lowest BCUT2D eigenvalue weighted by molar-refractivity contribution is -0.104. The van der Waals surface area contributed by atoms with Crippen LogP contribution in [0.15, 0.2) is 36.2 Å². The molecule has 78 valence electrons. The minimum atomic E-state index is 0.414. The largest absolute Gasteiger partial charge is 0.299 e. The summed E-state index contributed by atoms with van der Waals surface area (Å²) in [6.45, 7) is 0. The molecular weight excluding hydrogens is 186 g/mol. The van der Waals surface area contributed by atoms with Gasteiger partial charge in [-0.3, -0.25) is 9.78 Å². The summed E-state index contributed by atoms with van der Waals surface area (Å²) in [6, 6.07) is 4.06. The molecule has 0 N–H and O–H groups in total. The first kappa shape index (κ1) is 10.1. The van der Waals surface area contributed by atoms with Gasteiger partial charge in [-0.05, 0) is 37.0 Å². The molecule has 1 saturated carbocycles. The van der Waals surface area contributed by atoms with Gasteiger partial charge in [0, 0.05) is 18.3 Å². The Morgan fingerprint density at radius 3 is 3.07 bits per heavy atom. The van der Waals surface area contributed by atoms with Crippen LogP contribution in [0.1, 0.15) is 37.2 Å². The van der Waals surface area contributed by atoms with E-state index in [0.29, 0.717) is 5.92 Å². The molecule has 0 aliphatic heterocycles. The van der Waals surface area contributed by atoms with Crippen molar-refractivity contribution in [2.45, 2.75) is 31.6 Å². The zero-order valence-corrected chi connectivity index (χ0v) is 8.73. The number of hydrogen-bond donors (Lipinski definition) is 0. The standard InChI is InChI=1S/C13H15NO/c15-9-7-11-4-1-2-6-13(11)12-5-3-8-14-10-12/h3,5,7-10,13H,1-2,4,6H2. The summed E-state index contributed by atoms with van der Waals surface area (Å²) >= 11 is 0. The molecule has 15 heavy (non-hydrogen) atoms. The lowest BCUT2D eigenvalue weighted by Gasteiger charge is -2.25. The summed E-state index contributed by atoms with van der Waals surface area (Å²) < 4.78 is 0. The van der Waals surface area contributed by atoms with Crippen LogP contribution in [0.25, 0.3) is 0 Å². The number of carbonyl (C=O) groups excluding carboxylic acids is 1. The van der Waals surface area contributed by atoms with Crippen molar-refractivity contribution in [3.63, 3.8) is 0 Å². The Morgan fingerprint density at radius 1 is 1.40 bits per heavy atom. The molecule has 1 unspecified atom stereocenters. The van der Waals surface area contributed by atoms with Gasteiger partial charge in [-0.25, -0.2) is 0 Å². The normalized spacial score (nSPS) is 24.0. The topological polar surface area (TPSA) is 30.0 Å². The molecule has 1 aliphatic rings. The number of hydrogen-bond acceptors (Lipinski definition) is 2. The molecule has 1 fully saturated rings. The van der Waals surface area contributed by atoms with Crippen LogP contribution in [0.2, 0.25) is 0 Å². The fourth-order valence-corrected chi connectivity index (χ4v) is 2.29. The Labute approximate surface area is 90.0 Å². The molecule has 0 bridgehead atoms. The quantitative estimate of drug-likeness (QED) is 0.544. The number of carbonyl (C=O) groups is 1. The van der Waals surface area contributed by atoms with Gasteiger partial charge in [-0.15, -0.1) is 0 Å². The molecule has 0 spiro atoms. The summed E-state index contributed by atoms with van der Waals surface area (Å²) in [4.78, 5) is 14.7. The van der Waals surface area contributed by atoms with Crippen molar-refractivity contribution in [2.24, 2.45) is 0 Å². The zero-order chi connectivity index (χ0) is 10.5. The highest BCUT2D eigenvalue weighted by Gasteiger charge is 2.20. The van der Waals surface area contributed by atoms with E-state index in [1.54, 1.807) is 12.3 Å². The average Bonchev–Trinajstić information content (AvgIpc) is 2.31. The molecule has 2 rings (SSSR count). The summed E-state index contributed by atoms with van der Waals surface area (Å²) in [6.07, 6.45) is 11.0. The zero-order valence-electron chi connectivity index (χ0n) is 8.73. The van der Waals surface area contributed by atoms with E-state index in [-0.39, 0.29) is 0 Å². The first-order chi connectivity index (χ1) is 7.42. The van der Waals surface area contributed by atoms with Crippen molar-refractivity contribution in [1.82, 2.24) is 4.98 Å². The van der Waals surface area contributed by atoms with Crippen LogP contribution in [-0.4, -0.2) is 11.3 Å². The molecular formula is C13H15NO. The van der Waals surface area contributed by atoms with Crippen LogP contribution >= 0.6 is 0 Å². The second kappa shape index (κ2) is 4.87. The Hall–Kier alpha value is -1.44. The molecule has 0 radical (unpaired) electrons. The molecule has 2 heteroatoms. The van der Waals surface area contributed by atoms with E-state index in [4.69, 9.17) is 0 Å². The van der Waals surface area contributed by atoms with Crippen molar-refractivity contribution < 1.29 is 4.79 Å². The molecule has 0 aromatic carbocycles. The third kappa shape index (κ3) is 2.32. The van der Waals surface area contributed by atoms with Crippen molar-refractivity contribution in [1.29, 1.82) is 0 Å². The van der Waals surface area contributed by atoms with E-state index in [9.17, 15) is 4.79 Å². The monoisotopic (exact) mass is 201 g/mol. The van der Waals surface area contributed by atoms with Crippen molar-refractivity contribution in [3.05, 3.63) is 41.7 Å². The van der Waals surface area contributed by atoms with Gasteiger partial charge in [0.1, 0.15) is 6.29 Å². The number of nitrogens with zero attached hydrogens (tertiary/aromatic N) is 1. The predicted molar refractivity (Wildman–Crippen MR) is 59.6 cm³/mol. The summed E-state index contributed by atoms with van der Waals surface area (Å²) in [7, 11) is 0. The SMILES string of the molecule is O=CC=C1CCCCC1c1cccnc1. The fraction of sp³-hybridized carbons (Fsp3) is 0.385. The van der Waals surface area contributed by atoms with Gasteiger partial charge in [-0.2, -0.15) is 0 Å². The van der Waals surface area contributed by atoms with Gasteiger partial charge >= 0.3 is 0 Å². The van der Waals surface area contributed by atoms with E-state index in [0.717, 1.165) is 19.1 Å². The highest BCUT2D eigenvalue weighted by atomic mass is 16.1. The molecule has 2 nitrogen and oxygen atoms in total. The minimum absolute atomic E-state index is 0.414. The van der Waals surface area contributed by atoms with Gasteiger partial charge < -0.3 is 0 Å². The maximum Gasteiger partial charge on any atom is 0.142 e. The van der Waals surface area contributed by atoms with Crippen molar-refractivity contribution in [2.75, 3.05) is 0 Å². The molecule has 0 amide bonds. The molecule has 1 heterocycles. The lowest BCUT2D eigenvalue weighted by Crippen LogP contribution is -2.08. The number of aldehydes is 1. The van der Waals surface area contributed by atoms with Crippen molar-refractivity contribution in [3.8, 4) is 0 Å². The van der Waals surface area contributed by atoms with Gasteiger partial charge in [-0.1, -0.05) is 18.1 Å². The highest BCUT2D eigenvalue weighted by molar-refractivity contribution is 5.67. The average molecular weight is 201 g/mol. The van der Waals surface area contributed by atoms with E-state index in [1.165, 1.54) is 24.0 Å². The second-order valence-corrected chi connectivity index (χ2v) is 3.96. The number of allylic oxidation sites excluding steroid dienone is 2. The Morgan fingerprint density at radius 2 is 2.33 bits per heavy atom. The van der Waals surface area contributed by atoms with Gasteiger partial charge in [0.25, 0.3) is 0 Å². The van der Waals surface area contributed by atoms with E-state index in [2.05, 4.69) is 11.1 Å². The Bertz CT molecular complexity index is 356. The summed E-state index contributed by atoms with van der Waals surface area (Å²) in [5.74, 6) is 0.414. The molecule has 1 aliphatic carbocycles. The van der Waals surface area contributed by atoms with E-state index >= 15 is 0 Å². The molecule has 1 atom stereocenters. The van der Waals surface area contributed by atoms with Gasteiger partial charge in [0.05, 0.1) is 0 Å². The van der Waals surface area contributed by atoms with Crippen LogP contribution in [0.3, 0.4) is 0 Å². The van der Waals surface area contributed by atoms with Crippen LogP contribution in [0.4, 0.5) is 0 Å². The fourth-order valence-electron chi connectivity index (χ4n) is 2.29. The van der Waals surface area contributed by atoms with E-state index < -0.39 is 0 Å². The first-order valence-electron chi connectivity index (χ1n) is 5.46. The highest BCUT2D eigenvalue weighted by Crippen LogP contribution is 2.36. The predicted octanol–water partition coefficient (Wildman–Crippen LogP) is 2.86. The number of rotatable bonds is 2. The van der Waals surface area contributed by atoms with Gasteiger partial charge in [0.15, 0.2) is 0 Å². The maximum atomic E-state index is 10.6. The van der Waals surface area contributed by atoms with Crippen LogP contribution in [-0.2, 0) is 4.79 Å². The molecule has 0 saturated heterocycles. The number of aromatic nitrogens is 1. The number of pyridine rings is 1. The summed E-state index contributed by atoms with van der Waals surface area (Å²) in [5.41, 5.74) is 2.51. The first-order valence-corrected chi connectivity index (χ1v) is 5.46. The van der Waals surface area contributed by atoms with E-state index in [1.807, 2.05) is 12.3 Å². The third-order valence-electron chi connectivity index (χ3n) is 3.02. The summed E-state index contributed by atoms with van der Waals surface area (Å²) in [5, 5.41) is 0. The van der Waals surface area contributed by atoms with Crippen LogP contribution < -0.4 is 0 Å². The Kier molecular flexibility index (Phi) is 3.28. The maximum absolute atomic E-state index is 10.6.